The summed E-state index contributed by atoms with van der Waals surface area (Å²) in [5.41, 5.74) is 0. The van der Waals surface area contributed by atoms with Gasteiger partial charge in [0.25, 0.3) is 0 Å². The van der Waals surface area contributed by atoms with E-state index in [0.717, 1.165) is 25.9 Å². The zero-order valence-corrected chi connectivity index (χ0v) is 10.2. The second kappa shape index (κ2) is 6.00. The van der Waals surface area contributed by atoms with E-state index in [-0.39, 0.29) is 12.0 Å². The van der Waals surface area contributed by atoms with Crippen molar-refractivity contribution in [3.8, 4) is 0 Å². The molecule has 0 aromatic heterocycles. The van der Waals surface area contributed by atoms with E-state index in [1.807, 2.05) is 7.05 Å². The van der Waals surface area contributed by atoms with Gasteiger partial charge in [-0.05, 0) is 39.3 Å². The molecule has 0 aromatic carbocycles. The first kappa shape index (κ1) is 14.7. The maximum absolute atomic E-state index is 12.7. The quantitative estimate of drug-likeness (QED) is 0.759. The second-order valence-corrected chi connectivity index (χ2v) is 4.90. The summed E-state index contributed by atoms with van der Waals surface area (Å²) in [6.45, 7) is 2.67. The molecule has 102 valence electrons. The Morgan fingerprint density at radius 1 is 1.41 bits per heavy atom. The molecule has 0 radical (unpaired) electrons. The fourth-order valence-electron chi connectivity index (χ4n) is 2.16. The van der Waals surface area contributed by atoms with E-state index in [9.17, 15) is 17.6 Å². The van der Waals surface area contributed by atoms with Crippen LogP contribution in [0, 0.1) is 5.92 Å². The number of hydrogen-bond acceptors (Lipinski definition) is 2. The molecule has 1 N–H and O–H groups in total. The summed E-state index contributed by atoms with van der Waals surface area (Å²) >= 11 is 0. The summed E-state index contributed by atoms with van der Waals surface area (Å²) in [4.78, 5) is 2.14. The first-order chi connectivity index (χ1) is 7.83. The maximum Gasteiger partial charge on any atom is 0.319 e. The summed E-state index contributed by atoms with van der Waals surface area (Å²) in [5, 5.41) is 2.54. The lowest BCUT2D eigenvalue weighted by atomic mass is 9.92. The lowest BCUT2D eigenvalue weighted by Gasteiger charge is -2.34. The topological polar surface area (TPSA) is 15.3 Å². The maximum atomic E-state index is 12.7. The molecule has 2 atom stereocenters. The van der Waals surface area contributed by atoms with Gasteiger partial charge in [0.05, 0.1) is 6.54 Å². The van der Waals surface area contributed by atoms with Crippen LogP contribution in [-0.2, 0) is 0 Å². The molecule has 1 heterocycles. The summed E-state index contributed by atoms with van der Waals surface area (Å²) < 4.78 is 49.4. The monoisotopic (exact) mass is 256 g/mol. The van der Waals surface area contributed by atoms with E-state index in [1.54, 1.807) is 6.92 Å². The summed E-state index contributed by atoms with van der Waals surface area (Å²) in [6.07, 6.45) is -1.62. The highest BCUT2D eigenvalue weighted by molar-refractivity contribution is 4.82. The Labute approximate surface area is 99.4 Å². The van der Waals surface area contributed by atoms with Gasteiger partial charge >= 0.3 is 12.3 Å². The Morgan fingerprint density at radius 2 is 2.06 bits per heavy atom. The van der Waals surface area contributed by atoms with Crippen molar-refractivity contribution in [2.24, 2.45) is 5.92 Å². The van der Waals surface area contributed by atoms with Crippen molar-refractivity contribution < 1.29 is 17.6 Å². The second-order valence-electron chi connectivity index (χ2n) is 4.90. The predicted octanol–water partition coefficient (Wildman–Crippen LogP) is 2.21. The minimum absolute atomic E-state index is 0.164. The van der Waals surface area contributed by atoms with Crippen molar-refractivity contribution in [2.45, 2.75) is 38.2 Å². The van der Waals surface area contributed by atoms with Crippen molar-refractivity contribution in [1.29, 1.82) is 0 Å². The van der Waals surface area contributed by atoms with Crippen molar-refractivity contribution in [2.75, 3.05) is 26.7 Å². The molecule has 1 fully saturated rings. The summed E-state index contributed by atoms with van der Waals surface area (Å²) in [5.74, 6) is -3.68. The standard InChI is InChI=1S/C11H20F4N2/c1-8(9-4-3-5-17(2)6-9)16-7-11(14,15)10(12)13/h8-10,16H,3-7H2,1-2H3. The molecule has 0 aromatic rings. The first-order valence-corrected chi connectivity index (χ1v) is 5.91. The average molecular weight is 256 g/mol. The van der Waals surface area contributed by atoms with Gasteiger partial charge in [0.2, 0.25) is 0 Å². The smallest absolute Gasteiger partial charge is 0.308 e. The largest absolute Gasteiger partial charge is 0.319 e. The van der Waals surface area contributed by atoms with Crippen LogP contribution in [0.5, 0.6) is 0 Å². The van der Waals surface area contributed by atoms with Gasteiger partial charge in [-0.2, -0.15) is 8.78 Å². The van der Waals surface area contributed by atoms with E-state index in [1.165, 1.54) is 0 Å². The molecule has 0 saturated carbocycles. The molecule has 1 aliphatic rings. The zero-order chi connectivity index (χ0) is 13.1. The molecule has 0 spiro atoms. The Morgan fingerprint density at radius 3 is 2.59 bits per heavy atom. The van der Waals surface area contributed by atoms with E-state index >= 15 is 0 Å². The third-order valence-electron chi connectivity index (χ3n) is 3.35. The predicted molar refractivity (Wildman–Crippen MR) is 58.6 cm³/mol. The molecule has 2 unspecified atom stereocenters. The lowest BCUT2D eigenvalue weighted by Crippen LogP contribution is -2.48. The lowest BCUT2D eigenvalue weighted by molar-refractivity contribution is -0.126. The number of piperidine rings is 1. The first-order valence-electron chi connectivity index (χ1n) is 5.91. The van der Waals surface area contributed by atoms with E-state index < -0.39 is 18.9 Å². The molecule has 17 heavy (non-hydrogen) atoms. The van der Waals surface area contributed by atoms with E-state index in [4.69, 9.17) is 0 Å². The average Bonchev–Trinajstić information content (AvgIpc) is 2.25. The van der Waals surface area contributed by atoms with Crippen LogP contribution in [0.15, 0.2) is 0 Å². The number of halogens is 4. The SMILES string of the molecule is CC(NCC(F)(F)C(F)F)C1CCCN(C)C1. The third-order valence-corrected chi connectivity index (χ3v) is 3.35. The number of hydrogen-bond donors (Lipinski definition) is 1. The number of alkyl halides is 4. The van der Waals surface area contributed by atoms with Gasteiger partial charge in [-0.15, -0.1) is 0 Å². The molecule has 6 heteroatoms. The van der Waals surface area contributed by atoms with Crippen LogP contribution in [0.1, 0.15) is 19.8 Å². The van der Waals surface area contributed by atoms with Crippen LogP contribution in [0.25, 0.3) is 0 Å². The zero-order valence-electron chi connectivity index (χ0n) is 10.2. The minimum atomic E-state index is -3.94. The molecule has 0 bridgehead atoms. The summed E-state index contributed by atoms with van der Waals surface area (Å²) in [7, 11) is 1.98. The fourth-order valence-corrected chi connectivity index (χ4v) is 2.16. The number of nitrogens with zero attached hydrogens (tertiary/aromatic N) is 1. The molecule has 0 amide bonds. The molecule has 2 nitrogen and oxygen atoms in total. The van der Waals surface area contributed by atoms with Crippen LogP contribution >= 0.6 is 0 Å². The fraction of sp³-hybridized carbons (Fsp3) is 1.00. The van der Waals surface area contributed by atoms with Crippen molar-refractivity contribution in [3.63, 3.8) is 0 Å². The van der Waals surface area contributed by atoms with Gasteiger partial charge in [0, 0.05) is 12.6 Å². The van der Waals surface area contributed by atoms with Crippen LogP contribution in [0.4, 0.5) is 17.6 Å². The normalized spacial score (nSPS) is 25.2. The van der Waals surface area contributed by atoms with Crippen molar-refractivity contribution >= 4 is 0 Å². The van der Waals surface area contributed by atoms with Gasteiger partial charge in [0.1, 0.15) is 0 Å². The Kier molecular flexibility index (Phi) is 5.19. The number of likely N-dealkylation sites (tertiary alicyclic amines) is 1. The Bertz CT molecular complexity index is 236. The van der Waals surface area contributed by atoms with Gasteiger partial charge in [0.15, 0.2) is 0 Å². The minimum Gasteiger partial charge on any atom is -0.308 e. The van der Waals surface area contributed by atoms with E-state index in [2.05, 4.69) is 10.2 Å². The molecule has 1 aliphatic heterocycles. The third kappa shape index (κ3) is 4.43. The van der Waals surface area contributed by atoms with Gasteiger partial charge < -0.3 is 10.2 Å². The highest BCUT2D eigenvalue weighted by atomic mass is 19.3. The van der Waals surface area contributed by atoms with Gasteiger partial charge in [-0.3, -0.25) is 0 Å². The number of rotatable bonds is 5. The van der Waals surface area contributed by atoms with Crippen LogP contribution in [0.2, 0.25) is 0 Å². The Hall–Kier alpha value is -0.360. The highest BCUT2D eigenvalue weighted by Crippen LogP contribution is 2.23. The van der Waals surface area contributed by atoms with E-state index in [0.29, 0.717) is 0 Å². The Balaban J connectivity index is 2.36. The number of nitrogens with one attached hydrogen (secondary N) is 1. The van der Waals surface area contributed by atoms with Crippen molar-refractivity contribution in [1.82, 2.24) is 10.2 Å². The molecule has 0 aliphatic carbocycles. The van der Waals surface area contributed by atoms with Crippen LogP contribution < -0.4 is 5.32 Å². The molecular formula is C11H20F4N2. The van der Waals surface area contributed by atoms with Crippen LogP contribution in [-0.4, -0.2) is 50.0 Å². The molecular weight excluding hydrogens is 236 g/mol. The highest BCUT2D eigenvalue weighted by Gasteiger charge is 2.40. The summed E-state index contributed by atoms with van der Waals surface area (Å²) in [6, 6.07) is -0.164. The van der Waals surface area contributed by atoms with Crippen molar-refractivity contribution in [3.05, 3.63) is 0 Å². The van der Waals surface area contributed by atoms with Crippen LogP contribution in [0.3, 0.4) is 0 Å². The molecule has 1 rings (SSSR count). The van der Waals surface area contributed by atoms with Gasteiger partial charge in [-0.25, -0.2) is 8.78 Å². The molecule has 1 saturated heterocycles. The van der Waals surface area contributed by atoms with Gasteiger partial charge in [-0.1, -0.05) is 0 Å².